The molecule has 2 N–H and O–H groups in total. The van der Waals surface area contributed by atoms with Crippen molar-refractivity contribution in [2.24, 2.45) is 0 Å². The number of nitrogens with two attached hydrogens (primary N) is 1. The molecule has 4 nitrogen and oxygen atoms in total. The normalized spacial score (nSPS) is 23.9. The fourth-order valence-electron chi connectivity index (χ4n) is 2.18. The molecule has 20 heavy (non-hydrogen) atoms. The van der Waals surface area contributed by atoms with E-state index < -0.39 is 7.12 Å². The van der Waals surface area contributed by atoms with Gasteiger partial charge in [-0.05, 0) is 46.6 Å². The van der Waals surface area contributed by atoms with Crippen LogP contribution in [0.4, 0.5) is 5.69 Å². The standard InChI is InChI=1S/C15H22BNO3/c1-14(2)15(3,4)20-16(19-14)12-8-5-10(17)9-13(12)18-11-6-7-11/h5,8-9,11H,6-7,17H2,1-4H3. The molecule has 1 saturated heterocycles. The van der Waals surface area contributed by atoms with Crippen molar-refractivity contribution in [2.45, 2.75) is 57.8 Å². The lowest BCUT2D eigenvalue weighted by molar-refractivity contribution is 0.00578. The van der Waals surface area contributed by atoms with Crippen LogP contribution in [0.1, 0.15) is 40.5 Å². The first-order valence-electron chi connectivity index (χ1n) is 7.20. The van der Waals surface area contributed by atoms with Gasteiger partial charge < -0.3 is 19.8 Å². The number of benzene rings is 1. The largest absolute Gasteiger partial charge is 0.498 e. The zero-order valence-corrected chi connectivity index (χ0v) is 12.6. The Kier molecular flexibility index (Phi) is 3.03. The van der Waals surface area contributed by atoms with Gasteiger partial charge in [0, 0.05) is 17.2 Å². The molecule has 1 aliphatic heterocycles. The van der Waals surface area contributed by atoms with Crippen molar-refractivity contribution >= 4 is 18.3 Å². The lowest BCUT2D eigenvalue weighted by atomic mass is 9.78. The molecule has 2 aliphatic rings. The van der Waals surface area contributed by atoms with E-state index in [1.54, 1.807) is 0 Å². The van der Waals surface area contributed by atoms with E-state index in [4.69, 9.17) is 19.8 Å². The van der Waals surface area contributed by atoms with Crippen LogP contribution in [0.2, 0.25) is 0 Å². The number of hydrogen-bond donors (Lipinski definition) is 1. The summed E-state index contributed by atoms with van der Waals surface area (Å²) in [6.07, 6.45) is 2.54. The topological polar surface area (TPSA) is 53.7 Å². The maximum Gasteiger partial charge on any atom is 0.498 e. The van der Waals surface area contributed by atoms with Crippen molar-refractivity contribution in [2.75, 3.05) is 5.73 Å². The van der Waals surface area contributed by atoms with Crippen LogP contribution in [-0.2, 0) is 9.31 Å². The van der Waals surface area contributed by atoms with Crippen LogP contribution in [0.5, 0.6) is 5.75 Å². The Morgan fingerprint density at radius 2 is 1.75 bits per heavy atom. The Labute approximate surface area is 120 Å². The second-order valence-corrected chi connectivity index (χ2v) is 6.70. The number of rotatable bonds is 3. The zero-order valence-electron chi connectivity index (χ0n) is 12.6. The quantitative estimate of drug-likeness (QED) is 0.678. The highest BCUT2D eigenvalue weighted by Crippen LogP contribution is 2.37. The van der Waals surface area contributed by atoms with Gasteiger partial charge in [-0.2, -0.15) is 0 Å². The van der Waals surface area contributed by atoms with Crippen molar-refractivity contribution in [3.63, 3.8) is 0 Å². The molecule has 0 atom stereocenters. The molecule has 5 heteroatoms. The van der Waals surface area contributed by atoms with Crippen LogP contribution in [0.25, 0.3) is 0 Å². The van der Waals surface area contributed by atoms with Gasteiger partial charge in [0.1, 0.15) is 5.75 Å². The monoisotopic (exact) mass is 275 g/mol. The third-order valence-corrected chi connectivity index (χ3v) is 4.36. The van der Waals surface area contributed by atoms with Crippen molar-refractivity contribution < 1.29 is 14.0 Å². The third-order valence-electron chi connectivity index (χ3n) is 4.36. The van der Waals surface area contributed by atoms with Gasteiger partial charge in [0.25, 0.3) is 0 Å². The molecule has 0 amide bonds. The Bertz CT molecular complexity index is 510. The molecule has 1 aromatic carbocycles. The average Bonchev–Trinajstić information content (AvgIpc) is 3.07. The summed E-state index contributed by atoms with van der Waals surface area (Å²) >= 11 is 0. The summed E-state index contributed by atoms with van der Waals surface area (Å²) in [6.45, 7) is 8.19. The third kappa shape index (κ3) is 2.40. The van der Waals surface area contributed by atoms with E-state index in [1.165, 1.54) is 0 Å². The van der Waals surface area contributed by atoms with E-state index in [1.807, 2.05) is 45.9 Å². The van der Waals surface area contributed by atoms with Crippen molar-refractivity contribution in [3.8, 4) is 5.75 Å². The first-order chi connectivity index (χ1) is 9.28. The lowest BCUT2D eigenvalue weighted by Gasteiger charge is -2.32. The summed E-state index contributed by atoms with van der Waals surface area (Å²) in [5.41, 5.74) is 6.78. The van der Waals surface area contributed by atoms with Gasteiger partial charge in [-0.25, -0.2) is 0 Å². The minimum Gasteiger partial charge on any atom is -0.491 e. The van der Waals surface area contributed by atoms with Crippen LogP contribution in [-0.4, -0.2) is 24.4 Å². The first kappa shape index (κ1) is 13.8. The summed E-state index contributed by atoms with van der Waals surface area (Å²) in [5.74, 6) is 0.783. The molecule has 1 saturated carbocycles. The Hall–Kier alpha value is -1.20. The summed E-state index contributed by atoms with van der Waals surface area (Å²) < 4.78 is 18.1. The predicted molar refractivity (Wildman–Crippen MR) is 80.2 cm³/mol. The van der Waals surface area contributed by atoms with Crippen molar-refractivity contribution in [1.82, 2.24) is 0 Å². The second kappa shape index (κ2) is 4.40. The van der Waals surface area contributed by atoms with Gasteiger partial charge in [-0.15, -0.1) is 0 Å². The van der Waals surface area contributed by atoms with E-state index in [0.717, 1.165) is 24.1 Å². The molecule has 1 aromatic rings. The summed E-state index contributed by atoms with van der Waals surface area (Å²) in [6, 6.07) is 5.66. The molecular weight excluding hydrogens is 253 g/mol. The SMILES string of the molecule is CC1(C)OB(c2ccc(N)cc2OC2CC2)OC1(C)C. The summed E-state index contributed by atoms with van der Waals surface area (Å²) in [4.78, 5) is 0. The number of ether oxygens (including phenoxy) is 1. The van der Waals surface area contributed by atoms with E-state index in [9.17, 15) is 0 Å². The van der Waals surface area contributed by atoms with Crippen LogP contribution >= 0.6 is 0 Å². The molecule has 1 aliphatic carbocycles. The van der Waals surface area contributed by atoms with Gasteiger partial charge in [-0.1, -0.05) is 6.07 Å². The van der Waals surface area contributed by atoms with Crippen LogP contribution in [0.15, 0.2) is 18.2 Å². The van der Waals surface area contributed by atoms with E-state index in [-0.39, 0.29) is 11.2 Å². The Morgan fingerprint density at radius 1 is 1.15 bits per heavy atom. The molecule has 0 spiro atoms. The molecule has 0 unspecified atom stereocenters. The fraction of sp³-hybridized carbons (Fsp3) is 0.600. The Balaban J connectivity index is 1.90. The fourth-order valence-corrected chi connectivity index (χ4v) is 2.18. The van der Waals surface area contributed by atoms with Crippen LogP contribution in [0.3, 0.4) is 0 Å². The number of nitrogen functional groups attached to an aromatic ring is 1. The molecule has 108 valence electrons. The first-order valence-corrected chi connectivity index (χ1v) is 7.20. The second-order valence-electron chi connectivity index (χ2n) is 6.70. The predicted octanol–water partition coefficient (Wildman–Crippen LogP) is 2.11. The molecule has 2 fully saturated rings. The molecular formula is C15H22BNO3. The highest BCUT2D eigenvalue weighted by atomic mass is 16.7. The van der Waals surface area contributed by atoms with E-state index in [0.29, 0.717) is 11.8 Å². The smallest absolute Gasteiger partial charge is 0.491 e. The van der Waals surface area contributed by atoms with E-state index in [2.05, 4.69) is 0 Å². The minimum atomic E-state index is -0.408. The number of anilines is 1. The maximum atomic E-state index is 6.09. The van der Waals surface area contributed by atoms with Gasteiger partial charge in [0.05, 0.1) is 17.3 Å². The van der Waals surface area contributed by atoms with Crippen molar-refractivity contribution in [1.29, 1.82) is 0 Å². The number of hydrogen-bond acceptors (Lipinski definition) is 4. The van der Waals surface area contributed by atoms with Crippen molar-refractivity contribution in [3.05, 3.63) is 18.2 Å². The molecule has 0 bridgehead atoms. The van der Waals surface area contributed by atoms with Crippen LogP contribution < -0.4 is 15.9 Å². The summed E-state index contributed by atoms with van der Waals surface area (Å²) in [5, 5.41) is 0. The van der Waals surface area contributed by atoms with Gasteiger partial charge >= 0.3 is 7.12 Å². The lowest BCUT2D eigenvalue weighted by Crippen LogP contribution is -2.41. The van der Waals surface area contributed by atoms with Gasteiger partial charge in [0.15, 0.2) is 0 Å². The molecule has 1 heterocycles. The molecule has 0 aromatic heterocycles. The highest BCUT2D eigenvalue weighted by molar-refractivity contribution is 6.63. The highest BCUT2D eigenvalue weighted by Gasteiger charge is 2.52. The molecule has 0 radical (unpaired) electrons. The van der Waals surface area contributed by atoms with Gasteiger partial charge in [-0.3, -0.25) is 0 Å². The zero-order chi connectivity index (χ0) is 14.5. The van der Waals surface area contributed by atoms with Crippen LogP contribution in [0, 0.1) is 0 Å². The van der Waals surface area contributed by atoms with E-state index >= 15 is 0 Å². The minimum absolute atomic E-state index is 0.318. The van der Waals surface area contributed by atoms with Gasteiger partial charge in [0.2, 0.25) is 0 Å². The maximum absolute atomic E-state index is 6.09. The Morgan fingerprint density at radius 3 is 2.30 bits per heavy atom. The average molecular weight is 275 g/mol. The molecule has 3 rings (SSSR count). The summed E-state index contributed by atoms with van der Waals surface area (Å²) in [7, 11) is -0.408.